The number of hydrogen-bond acceptors (Lipinski definition) is 5. The molecule has 0 saturated heterocycles. The Hall–Kier alpha value is -3.38. The van der Waals surface area contributed by atoms with Crippen LogP contribution in [0.4, 0.5) is 11.4 Å². The summed E-state index contributed by atoms with van der Waals surface area (Å²) >= 11 is 0. The molecule has 0 heterocycles. The summed E-state index contributed by atoms with van der Waals surface area (Å²) in [6.07, 6.45) is 0. The second kappa shape index (κ2) is 9.01. The van der Waals surface area contributed by atoms with E-state index in [-0.39, 0.29) is 24.7 Å². The largest absolute Gasteiger partial charge is 0.480 e. The number of benzene rings is 3. The molecule has 0 amide bonds. The highest BCUT2D eigenvalue weighted by Crippen LogP contribution is 2.41. The summed E-state index contributed by atoms with van der Waals surface area (Å²) in [4.78, 5) is 11.3. The fraction of sp³-hybridized carbons (Fsp3) is 0.182. The molecular weight excluding hydrogens is 356 g/mol. The van der Waals surface area contributed by atoms with Gasteiger partial charge in [0, 0.05) is 12.1 Å². The maximum atomic E-state index is 11.8. The Morgan fingerprint density at radius 3 is 2.21 bits per heavy atom. The molecule has 0 unspecified atom stereocenters. The van der Waals surface area contributed by atoms with Crippen LogP contribution in [0.1, 0.15) is 22.3 Å². The zero-order valence-electron chi connectivity index (χ0n) is 15.6. The van der Waals surface area contributed by atoms with E-state index in [2.05, 4.69) is 5.32 Å². The van der Waals surface area contributed by atoms with Gasteiger partial charge in [0.25, 0.3) is 0 Å². The number of anilines is 1. The molecule has 0 aliphatic carbocycles. The molecule has 0 aliphatic heterocycles. The Kier molecular flexibility index (Phi) is 6.24. The summed E-state index contributed by atoms with van der Waals surface area (Å²) < 4.78 is 5.90. The van der Waals surface area contributed by atoms with Gasteiger partial charge in [-0.1, -0.05) is 60.7 Å². The lowest BCUT2D eigenvalue weighted by Gasteiger charge is -2.17. The van der Waals surface area contributed by atoms with Crippen molar-refractivity contribution in [2.24, 2.45) is 0 Å². The number of nitro benzene ring substituents is 1. The number of nitrogens with zero attached hydrogens (tertiary/aromatic N) is 1. The van der Waals surface area contributed by atoms with Crippen LogP contribution in [0.25, 0.3) is 0 Å². The predicted octanol–water partition coefficient (Wildman–Crippen LogP) is 4.59. The van der Waals surface area contributed by atoms with Crippen LogP contribution in [0.3, 0.4) is 0 Å². The fourth-order valence-corrected chi connectivity index (χ4v) is 2.98. The van der Waals surface area contributed by atoms with Crippen molar-refractivity contribution in [1.82, 2.24) is 0 Å². The van der Waals surface area contributed by atoms with Crippen LogP contribution in [0, 0.1) is 17.0 Å². The molecule has 3 rings (SSSR count). The first-order chi connectivity index (χ1) is 13.6. The maximum absolute atomic E-state index is 11.8. The van der Waals surface area contributed by atoms with E-state index in [4.69, 9.17) is 4.74 Å². The minimum absolute atomic E-state index is 0.127. The first-order valence-corrected chi connectivity index (χ1v) is 8.96. The van der Waals surface area contributed by atoms with Gasteiger partial charge in [0.05, 0.1) is 17.2 Å². The SMILES string of the molecule is Cc1c(CO)cc(NCc2ccccc2)c(OCc2ccccc2)c1[N+](=O)[O-]. The molecule has 3 aromatic rings. The second-order valence-corrected chi connectivity index (χ2v) is 6.41. The highest BCUT2D eigenvalue weighted by Gasteiger charge is 2.26. The zero-order valence-corrected chi connectivity index (χ0v) is 15.6. The average molecular weight is 378 g/mol. The Labute approximate surface area is 163 Å². The smallest absolute Gasteiger partial charge is 0.316 e. The molecule has 6 nitrogen and oxygen atoms in total. The number of hydrogen-bond donors (Lipinski definition) is 2. The molecule has 0 radical (unpaired) electrons. The Bertz CT molecular complexity index is 944. The van der Waals surface area contributed by atoms with Crippen molar-refractivity contribution in [1.29, 1.82) is 0 Å². The second-order valence-electron chi connectivity index (χ2n) is 6.41. The lowest BCUT2D eigenvalue weighted by atomic mass is 10.0. The lowest BCUT2D eigenvalue weighted by molar-refractivity contribution is -0.386. The van der Waals surface area contributed by atoms with Crippen molar-refractivity contribution in [2.75, 3.05) is 5.32 Å². The van der Waals surface area contributed by atoms with Crippen LogP contribution in [0.15, 0.2) is 66.7 Å². The monoisotopic (exact) mass is 378 g/mol. The lowest BCUT2D eigenvalue weighted by Crippen LogP contribution is -2.08. The number of nitrogens with one attached hydrogen (secondary N) is 1. The van der Waals surface area contributed by atoms with Crippen LogP contribution in [-0.4, -0.2) is 10.0 Å². The molecule has 28 heavy (non-hydrogen) atoms. The van der Waals surface area contributed by atoms with Crippen LogP contribution >= 0.6 is 0 Å². The standard InChI is InChI=1S/C22H22N2O4/c1-16-19(14-25)12-20(23-13-17-8-4-2-5-9-17)22(21(16)24(26)27)28-15-18-10-6-3-7-11-18/h2-12,23,25H,13-15H2,1H3. The van der Waals surface area contributed by atoms with Gasteiger partial charge in [0.15, 0.2) is 0 Å². The highest BCUT2D eigenvalue weighted by molar-refractivity contribution is 5.71. The molecule has 3 aromatic carbocycles. The molecule has 0 aliphatic rings. The molecule has 6 heteroatoms. The molecule has 0 spiro atoms. The molecule has 0 fully saturated rings. The molecular formula is C22H22N2O4. The first kappa shape index (κ1) is 19.4. The van der Waals surface area contributed by atoms with Crippen molar-refractivity contribution in [2.45, 2.75) is 26.7 Å². The van der Waals surface area contributed by atoms with Gasteiger partial charge in [-0.3, -0.25) is 10.1 Å². The quantitative estimate of drug-likeness (QED) is 0.442. The zero-order chi connectivity index (χ0) is 19.9. The summed E-state index contributed by atoms with van der Waals surface area (Å²) in [5.41, 5.74) is 3.20. The van der Waals surface area contributed by atoms with E-state index in [1.807, 2.05) is 60.7 Å². The van der Waals surface area contributed by atoms with Gasteiger partial charge in [-0.15, -0.1) is 0 Å². The van der Waals surface area contributed by atoms with Gasteiger partial charge >= 0.3 is 5.69 Å². The average Bonchev–Trinajstić information content (AvgIpc) is 2.72. The van der Waals surface area contributed by atoms with Crippen LogP contribution in [0.5, 0.6) is 5.75 Å². The van der Waals surface area contributed by atoms with Crippen molar-refractivity contribution >= 4 is 11.4 Å². The summed E-state index contributed by atoms with van der Waals surface area (Å²) in [5, 5.41) is 24.6. The van der Waals surface area contributed by atoms with Gasteiger partial charge in [0.1, 0.15) is 6.61 Å². The maximum Gasteiger partial charge on any atom is 0.316 e. The molecule has 2 N–H and O–H groups in total. The topological polar surface area (TPSA) is 84.6 Å². The molecule has 144 valence electrons. The summed E-state index contributed by atoms with van der Waals surface area (Å²) in [6, 6.07) is 20.9. The summed E-state index contributed by atoms with van der Waals surface area (Å²) in [7, 11) is 0. The minimum atomic E-state index is -0.456. The van der Waals surface area contributed by atoms with Gasteiger partial charge in [-0.05, 0) is 29.7 Å². The van der Waals surface area contributed by atoms with Crippen LogP contribution in [-0.2, 0) is 19.8 Å². The number of aliphatic hydroxyl groups excluding tert-OH is 1. The third-order valence-corrected chi connectivity index (χ3v) is 4.52. The van der Waals surface area contributed by atoms with Crippen molar-refractivity contribution in [3.8, 4) is 5.75 Å². The normalized spacial score (nSPS) is 10.5. The van der Waals surface area contributed by atoms with Crippen molar-refractivity contribution < 1.29 is 14.8 Å². The molecule has 0 bridgehead atoms. The number of rotatable bonds is 8. The van der Waals surface area contributed by atoms with Gasteiger partial charge < -0.3 is 15.2 Å². The number of nitro groups is 1. The van der Waals surface area contributed by atoms with E-state index in [9.17, 15) is 15.2 Å². The van der Waals surface area contributed by atoms with E-state index in [1.54, 1.807) is 13.0 Å². The molecule has 0 aromatic heterocycles. The number of aliphatic hydroxyl groups is 1. The summed E-state index contributed by atoms with van der Waals surface area (Å²) in [6.45, 7) is 2.03. The Morgan fingerprint density at radius 1 is 1.04 bits per heavy atom. The first-order valence-electron chi connectivity index (χ1n) is 8.96. The third-order valence-electron chi connectivity index (χ3n) is 4.52. The minimum Gasteiger partial charge on any atom is -0.480 e. The van der Waals surface area contributed by atoms with Gasteiger partial charge in [-0.2, -0.15) is 0 Å². The van der Waals surface area contributed by atoms with E-state index >= 15 is 0 Å². The van der Waals surface area contributed by atoms with E-state index in [1.165, 1.54) is 0 Å². The third kappa shape index (κ3) is 4.47. The Morgan fingerprint density at radius 2 is 1.64 bits per heavy atom. The fourth-order valence-electron chi connectivity index (χ4n) is 2.98. The van der Waals surface area contributed by atoms with E-state index in [0.717, 1.165) is 11.1 Å². The molecule has 0 saturated carbocycles. The van der Waals surface area contributed by atoms with Crippen molar-refractivity contribution in [3.05, 3.63) is 99.1 Å². The van der Waals surface area contributed by atoms with Crippen LogP contribution in [0.2, 0.25) is 0 Å². The van der Waals surface area contributed by atoms with Crippen molar-refractivity contribution in [3.63, 3.8) is 0 Å². The van der Waals surface area contributed by atoms with E-state index in [0.29, 0.717) is 23.4 Å². The molecule has 0 atom stereocenters. The number of ether oxygens (including phenoxy) is 1. The van der Waals surface area contributed by atoms with E-state index < -0.39 is 4.92 Å². The van der Waals surface area contributed by atoms with Gasteiger partial charge in [0.2, 0.25) is 5.75 Å². The van der Waals surface area contributed by atoms with Gasteiger partial charge in [-0.25, -0.2) is 0 Å². The predicted molar refractivity (Wildman–Crippen MR) is 108 cm³/mol. The van der Waals surface area contributed by atoms with Crippen LogP contribution < -0.4 is 10.1 Å². The summed E-state index contributed by atoms with van der Waals surface area (Å²) in [5.74, 6) is 0.180. The Balaban J connectivity index is 1.96. The highest BCUT2D eigenvalue weighted by atomic mass is 16.6.